The number of aliphatic imine (C=N–C) groups is 2. The van der Waals surface area contributed by atoms with Crippen LogP contribution in [-0.4, -0.2) is 19.0 Å². The molecule has 0 aromatic rings. The Labute approximate surface area is 56.0 Å². The van der Waals surface area contributed by atoms with Crippen molar-refractivity contribution in [3.8, 4) is 0 Å². The Morgan fingerprint density at radius 2 is 2.11 bits per heavy atom. The van der Waals surface area contributed by atoms with Crippen molar-refractivity contribution >= 4 is 11.9 Å². The average Bonchev–Trinajstić information content (AvgIpc) is 1.89. The third kappa shape index (κ3) is 4.94. The molecular formula is C7H12N2. The summed E-state index contributed by atoms with van der Waals surface area (Å²) in [6, 6.07) is 0. The Bertz CT molecular complexity index is 143. The molecule has 0 amide bonds. The van der Waals surface area contributed by atoms with E-state index in [0.717, 1.165) is 5.71 Å². The molecule has 0 saturated heterocycles. The van der Waals surface area contributed by atoms with Crippen LogP contribution in [0.1, 0.15) is 13.8 Å². The van der Waals surface area contributed by atoms with E-state index in [9.17, 15) is 0 Å². The van der Waals surface area contributed by atoms with Crippen LogP contribution in [0.4, 0.5) is 0 Å². The zero-order valence-corrected chi connectivity index (χ0v) is 6.13. The minimum absolute atomic E-state index is 0.938. The van der Waals surface area contributed by atoms with Crippen LogP contribution in [0.3, 0.4) is 0 Å². The first kappa shape index (κ1) is 8.08. The fraction of sp³-hybridized carbons (Fsp3) is 0.429. The van der Waals surface area contributed by atoms with E-state index in [1.54, 1.807) is 19.5 Å². The summed E-state index contributed by atoms with van der Waals surface area (Å²) in [6.07, 6.45) is 5.33. The summed E-state index contributed by atoms with van der Waals surface area (Å²) >= 11 is 0. The SMILES string of the molecule is C/C=C\N=CC(C)=NC. The Morgan fingerprint density at radius 1 is 1.44 bits per heavy atom. The fourth-order valence-corrected chi connectivity index (χ4v) is 0.295. The molecule has 0 heterocycles. The maximum Gasteiger partial charge on any atom is 0.0496 e. The number of hydrogen-bond acceptors (Lipinski definition) is 2. The maximum atomic E-state index is 3.92. The third-order valence-corrected chi connectivity index (χ3v) is 0.849. The first-order valence-electron chi connectivity index (χ1n) is 2.89. The summed E-state index contributed by atoms with van der Waals surface area (Å²) in [6.45, 7) is 3.84. The Balaban J connectivity index is 3.71. The molecule has 0 aromatic carbocycles. The van der Waals surface area contributed by atoms with Gasteiger partial charge in [0.1, 0.15) is 0 Å². The molecule has 0 spiro atoms. The van der Waals surface area contributed by atoms with Gasteiger partial charge in [-0.15, -0.1) is 0 Å². The van der Waals surface area contributed by atoms with Gasteiger partial charge in [-0.2, -0.15) is 0 Å². The first-order chi connectivity index (χ1) is 4.31. The predicted octanol–water partition coefficient (Wildman–Crippen LogP) is 1.68. The van der Waals surface area contributed by atoms with Crippen molar-refractivity contribution in [2.45, 2.75) is 13.8 Å². The van der Waals surface area contributed by atoms with Gasteiger partial charge in [0.25, 0.3) is 0 Å². The third-order valence-electron chi connectivity index (χ3n) is 0.849. The first-order valence-corrected chi connectivity index (χ1v) is 2.89. The molecule has 0 N–H and O–H groups in total. The normalized spacial score (nSPS) is 13.9. The monoisotopic (exact) mass is 124 g/mol. The molecule has 0 aliphatic carbocycles. The Morgan fingerprint density at radius 3 is 2.56 bits per heavy atom. The van der Waals surface area contributed by atoms with E-state index >= 15 is 0 Å². The highest BCUT2D eigenvalue weighted by Crippen LogP contribution is 1.73. The number of allylic oxidation sites excluding steroid dienone is 1. The van der Waals surface area contributed by atoms with Crippen LogP contribution in [0.25, 0.3) is 0 Å². The van der Waals surface area contributed by atoms with E-state index in [-0.39, 0.29) is 0 Å². The lowest BCUT2D eigenvalue weighted by Gasteiger charge is -1.81. The standard InChI is InChI=1S/C7H12N2/c1-4-5-9-6-7(2)8-3/h4-6H,1-3H3/b5-4-,8-7?,9-6?. The lowest BCUT2D eigenvalue weighted by Crippen LogP contribution is -1.89. The van der Waals surface area contributed by atoms with Crippen molar-refractivity contribution in [1.82, 2.24) is 0 Å². The Kier molecular flexibility index (Phi) is 4.69. The van der Waals surface area contributed by atoms with E-state index in [2.05, 4.69) is 9.98 Å². The van der Waals surface area contributed by atoms with Crippen molar-refractivity contribution in [2.75, 3.05) is 7.05 Å². The largest absolute Gasteiger partial charge is 0.292 e. The van der Waals surface area contributed by atoms with Crippen LogP contribution in [0.5, 0.6) is 0 Å². The molecule has 0 aliphatic rings. The Hall–Kier alpha value is -0.920. The smallest absolute Gasteiger partial charge is 0.0496 e. The van der Waals surface area contributed by atoms with Crippen molar-refractivity contribution in [1.29, 1.82) is 0 Å². The minimum atomic E-state index is 0.938. The maximum absolute atomic E-state index is 3.92. The quantitative estimate of drug-likeness (QED) is 0.500. The van der Waals surface area contributed by atoms with Gasteiger partial charge in [0.2, 0.25) is 0 Å². The molecule has 0 bridgehead atoms. The van der Waals surface area contributed by atoms with Gasteiger partial charge >= 0.3 is 0 Å². The second-order valence-electron chi connectivity index (χ2n) is 1.63. The van der Waals surface area contributed by atoms with Crippen LogP contribution < -0.4 is 0 Å². The van der Waals surface area contributed by atoms with Crippen molar-refractivity contribution in [3.63, 3.8) is 0 Å². The molecule has 0 aromatic heterocycles. The van der Waals surface area contributed by atoms with Crippen molar-refractivity contribution < 1.29 is 0 Å². The molecule has 0 rings (SSSR count). The molecule has 0 fully saturated rings. The van der Waals surface area contributed by atoms with Gasteiger partial charge in [-0.3, -0.25) is 9.98 Å². The van der Waals surface area contributed by atoms with Gasteiger partial charge < -0.3 is 0 Å². The van der Waals surface area contributed by atoms with Gasteiger partial charge in [0.05, 0.1) is 0 Å². The second kappa shape index (κ2) is 5.22. The molecule has 0 atom stereocenters. The molecule has 2 nitrogen and oxygen atoms in total. The summed E-state index contributed by atoms with van der Waals surface area (Å²) < 4.78 is 0. The van der Waals surface area contributed by atoms with E-state index in [1.165, 1.54) is 0 Å². The number of hydrogen-bond donors (Lipinski definition) is 0. The molecule has 0 saturated carbocycles. The minimum Gasteiger partial charge on any atom is -0.292 e. The zero-order valence-electron chi connectivity index (χ0n) is 6.13. The molecule has 9 heavy (non-hydrogen) atoms. The summed E-state index contributed by atoms with van der Waals surface area (Å²) in [5.41, 5.74) is 0.938. The molecule has 0 aliphatic heterocycles. The average molecular weight is 124 g/mol. The lowest BCUT2D eigenvalue weighted by atomic mass is 10.5. The van der Waals surface area contributed by atoms with Gasteiger partial charge in [0, 0.05) is 25.2 Å². The van der Waals surface area contributed by atoms with E-state index in [0.29, 0.717) is 0 Å². The lowest BCUT2D eigenvalue weighted by molar-refractivity contribution is 1.44. The molecule has 0 unspecified atom stereocenters. The number of rotatable bonds is 2. The molecular weight excluding hydrogens is 112 g/mol. The van der Waals surface area contributed by atoms with Crippen molar-refractivity contribution in [2.24, 2.45) is 9.98 Å². The van der Waals surface area contributed by atoms with E-state index in [1.807, 2.05) is 19.9 Å². The molecule has 2 heteroatoms. The predicted molar refractivity (Wildman–Crippen MR) is 42.3 cm³/mol. The van der Waals surface area contributed by atoms with E-state index < -0.39 is 0 Å². The summed E-state index contributed by atoms with van der Waals surface area (Å²) in [5, 5.41) is 0. The van der Waals surface area contributed by atoms with Crippen LogP contribution >= 0.6 is 0 Å². The van der Waals surface area contributed by atoms with Crippen LogP contribution in [0.15, 0.2) is 22.3 Å². The highest BCUT2D eigenvalue weighted by atomic mass is 14.7. The number of nitrogens with zero attached hydrogens (tertiary/aromatic N) is 2. The molecule has 50 valence electrons. The van der Waals surface area contributed by atoms with Crippen LogP contribution in [0.2, 0.25) is 0 Å². The summed E-state index contributed by atoms with van der Waals surface area (Å²) in [5.74, 6) is 0. The van der Waals surface area contributed by atoms with Gasteiger partial charge in [0.15, 0.2) is 0 Å². The molecule has 0 radical (unpaired) electrons. The topological polar surface area (TPSA) is 24.7 Å². The van der Waals surface area contributed by atoms with Gasteiger partial charge in [-0.05, 0) is 13.8 Å². The summed E-state index contributed by atoms with van der Waals surface area (Å²) in [7, 11) is 1.75. The summed E-state index contributed by atoms with van der Waals surface area (Å²) in [4.78, 5) is 7.82. The van der Waals surface area contributed by atoms with Gasteiger partial charge in [-0.1, -0.05) is 6.08 Å². The van der Waals surface area contributed by atoms with Crippen molar-refractivity contribution in [3.05, 3.63) is 12.3 Å². The highest BCUT2D eigenvalue weighted by Gasteiger charge is 1.74. The van der Waals surface area contributed by atoms with Crippen LogP contribution in [0, 0.1) is 0 Å². The fourth-order valence-electron chi connectivity index (χ4n) is 0.295. The van der Waals surface area contributed by atoms with Gasteiger partial charge in [-0.25, -0.2) is 0 Å². The second-order valence-corrected chi connectivity index (χ2v) is 1.63. The van der Waals surface area contributed by atoms with E-state index in [4.69, 9.17) is 0 Å². The van der Waals surface area contributed by atoms with Crippen LogP contribution in [-0.2, 0) is 0 Å². The zero-order chi connectivity index (χ0) is 7.11. The highest BCUT2D eigenvalue weighted by molar-refractivity contribution is 6.29.